The van der Waals surface area contributed by atoms with E-state index in [1.54, 1.807) is 12.1 Å². The number of nitrogens with two attached hydrogens (primary N) is 1. The van der Waals surface area contributed by atoms with Gasteiger partial charge in [0.1, 0.15) is 0 Å². The predicted octanol–water partition coefficient (Wildman–Crippen LogP) is 4.59. The summed E-state index contributed by atoms with van der Waals surface area (Å²) in [5, 5.41) is 3.25. The topological polar surface area (TPSA) is 55.1 Å². The SMILES string of the molecule is Nc1cc(C(=O)Nc2ccc(Br)cc2)cc(Cl)c1Cl. The van der Waals surface area contributed by atoms with Crippen LogP contribution in [0.2, 0.25) is 10.0 Å². The number of nitrogen functional groups attached to an aromatic ring is 1. The Morgan fingerprint density at radius 1 is 1.16 bits per heavy atom. The fourth-order valence-corrected chi connectivity index (χ4v) is 2.08. The van der Waals surface area contributed by atoms with Crippen molar-refractivity contribution in [1.82, 2.24) is 0 Å². The third-order valence-electron chi connectivity index (χ3n) is 2.42. The van der Waals surface area contributed by atoms with E-state index in [-0.39, 0.29) is 21.6 Å². The molecule has 0 unspecified atom stereocenters. The summed E-state index contributed by atoms with van der Waals surface area (Å²) in [6, 6.07) is 10.2. The largest absolute Gasteiger partial charge is 0.397 e. The zero-order valence-corrected chi connectivity index (χ0v) is 12.7. The maximum Gasteiger partial charge on any atom is 0.255 e. The standard InChI is InChI=1S/C13H9BrCl2N2O/c14-8-1-3-9(4-2-8)18-13(19)7-5-10(15)12(16)11(17)6-7/h1-6H,17H2,(H,18,19). The first-order chi connectivity index (χ1) is 8.97. The molecule has 1 amide bonds. The van der Waals surface area contributed by atoms with Crippen molar-refractivity contribution in [2.45, 2.75) is 0 Å². The number of carbonyl (C=O) groups is 1. The first-order valence-electron chi connectivity index (χ1n) is 5.29. The second-order valence-corrected chi connectivity index (χ2v) is 5.52. The highest BCUT2D eigenvalue weighted by Gasteiger charge is 2.11. The Hall–Kier alpha value is -1.23. The number of carbonyl (C=O) groups excluding carboxylic acids is 1. The first kappa shape index (κ1) is 14.2. The molecule has 98 valence electrons. The molecule has 3 N–H and O–H groups in total. The number of rotatable bonds is 2. The van der Waals surface area contributed by atoms with E-state index in [9.17, 15) is 4.79 Å². The third kappa shape index (κ3) is 3.41. The second kappa shape index (κ2) is 5.82. The average Bonchev–Trinajstić information content (AvgIpc) is 2.38. The van der Waals surface area contributed by atoms with Crippen molar-refractivity contribution in [3.8, 4) is 0 Å². The normalized spacial score (nSPS) is 10.3. The van der Waals surface area contributed by atoms with Crippen LogP contribution in [-0.2, 0) is 0 Å². The van der Waals surface area contributed by atoms with Crippen LogP contribution in [0.4, 0.5) is 11.4 Å². The van der Waals surface area contributed by atoms with E-state index >= 15 is 0 Å². The van der Waals surface area contributed by atoms with Crippen LogP contribution in [0.1, 0.15) is 10.4 Å². The van der Waals surface area contributed by atoms with E-state index in [4.69, 9.17) is 28.9 Å². The Morgan fingerprint density at radius 2 is 1.79 bits per heavy atom. The molecule has 0 radical (unpaired) electrons. The lowest BCUT2D eigenvalue weighted by molar-refractivity contribution is 0.102. The Kier molecular flexibility index (Phi) is 4.34. The van der Waals surface area contributed by atoms with E-state index in [2.05, 4.69) is 21.2 Å². The summed E-state index contributed by atoms with van der Waals surface area (Å²) < 4.78 is 0.935. The molecule has 0 saturated carbocycles. The molecular weight excluding hydrogens is 351 g/mol. The van der Waals surface area contributed by atoms with Gasteiger partial charge in [-0.2, -0.15) is 0 Å². The molecule has 2 aromatic carbocycles. The van der Waals surface area contributed by atoms with Crippen molar-refractivity contribution in [3.63, 3.8) is 0 Å². The monoisotopic (exact) mass is 358 g/mol. The number of halogens is 3. The summed E-state index contributed by atoms with van der Waals surface area (Å²) in [6.07, 6.45) is 0. The van der Waals surface area contributed by atoms with Gasteiger partial charge < -0.3 is 11.1 Å². The lowest BCUT2D eigenvalue weighted by atomic mass is 10.2. The minimum absolute atomic E-state index is 0.252. The maximum atomic E-state index is 12.0. The molecule has 0 bridgehead atoms. The van der Waals surface area contributed by atoms with Crippen LogP contribution in [0.25, 0.3) is 0 Å². The molecule has 2 aromatic rings. The van der Waals surface area contributed by atoms with E-state index < -0.39 is 0 Å². The highest BCUT2D eigenvalue weighted by molar-refractivity contribution is 9.10. The summed E-state index contributed by atoms with van der Waals surface area (Å²) in [7, 11) is 0. The van der Waals surface area contributed by atoms with E-state index in [0.29, 0.717) is 11.3 Å². The Balaban J connectivity index is 2.23. The molecule has 0 aliphatic heterocycles. The predicted molar refractivity (Wildman–Crippen MR) is 83.0 cm³/mol. The fraction of sp³-hybridized carbons (Fsp3) is 0. The average molecular weight is 360 g/mol. The van der Waals surface area contributed by atoms with Gasteiger partial charge in [0, 0.05) is 15.7 Å². The Labute approximate surface area is 128 Å². The second-order valence-electron chi connectivity index (χ2n) is 3.82. The van der Waals surface area contributed by atoms with Crippen LogP contribution in [0.3, 0.4) is 0 Å². The first-order valence-corrected chi connectivity index (χ1v) is 6.83. The van der Waals surface area contributed by atoms with Gasteiger partial charge >= 0.3 is 0 Å². The quantitative estimate of drug-likeness (QED) is 0.770. The molecule has 0 aliphatic carbocycles. The van der Waals surface area contributed by atoms with Crippen LogP contribution in [0.15, 0.2) is 40.9 Å². The van der Waals surface area contributed by atoms with Gasteiger partial charge in [-0.1, -0.05) is 39.1 Å². The highest BCUT2D eigenvalue weighted by Crippen LogP contribution is 2.29. The van der Waals surface area contributed by atoms with Crippen molar-refractivity contribution >= 4 is 56.4 Å². The summed E-state index contributed by atoms with van der Waals surface area (Å²) in [5.74, 6) is -0.299. The van der Waals surface area contributed by atoms with Gasteiger partial charge in [-0.15, -0.1) is 0 Å². The van der Waals surface area contributed by atoms with Gasteiger partial charge in [-0.25, -0.2) is 0 Å². The molecule has 3 nitrogen and oxygen atoms in total. The van der Waals surface area contributed by atoms with E-state index in [1.165, 1.54) is 12.1 Å². The molecule has 19 heavy (non-hydrogen) atoms. The minimum atomic E-state index is -0.299. The molecule has 6 heteroatoms. The van der Waals surface area contributed by atoms with Gasteiger partial charge in [0.15, 0.2) is 0 Å². The number of hydrogen-bond acceptors (Lipinski definition) is 2. The molecule has 0 aromatic heterocycles. The maximum absolute atomic E-state index is 12.0. The summed E-state index contributed by atoms with van der Waals surface area (Å²) in [6.45, 7) is 0. The number of hydrogen-bond donors (Lipinski definition) is 2. The number of nitrogens with one attached hydrogen (secondary N) is 1. The van der Waals surface area contributed by atoms with Gasteiger partial charge in [0.2, 0.25) is 0 Å². The van der Waals surface area contributed by atoms with Gasteiger partial charge in [0.25, 0.3) is 5.91 Å². The lowest BCUT2D eigenvalue weighted by Gasteiger charge is -2.08. The van der Waals surface area contributed by atoms with Crippen LogP contribution in [-0.4, -0.2) is 5.91 Å². The summed E-state index contributed by atoms with van der Waals surface area (Å²) in [4.78, 5) is 12.0. The fourth-order valence-electron chi connectivity index (χ4n) is 1.48. The molecule has 0 spiro atoms. The Bertz CT molecular complexity index is 606. The molecule has 0 fully saturated rings. The molecule has 0 heterocycles. The molecule has 0 aliphatic rings. The van der Waals surface area contributed by atoms with Crippen LogP contribution >= 0.6 is 39.1 Å². The highest BCUT2D eigenvalue weighted by atomic mass is 79.9. The smallest absolute Gasteiger partial charge is 0.255 e. The molecule has 0 atom stereocenters. The van der Waals surface area contributed by atoms with E-state index in [1.807, 2.05) is 12.1 Å². The molecule has 0 saturated heterocycles. The van der Waals surface area contributed by atoms with Crippen molar-refractivity contribution in [3.05, 3.63) is 56.5 Å². The number of amides is 1. The van der Waals surface area contributed by atoms with Crippen molar-refractivity contribution in [1.29, 1.82) is 0 Å². The minimum Gasteiger partial charge on any atom is -0.397 e. The van der Waals surface area contributed by atoms with Crippen LogP contribution in [0, 0.1) is 0 Å². The van der Waals surface area contributed by atoms with Gasteiger partial charge in [0.05, 0.1) is 15.7 Å². The summed E-state index contributed by atoms with van der Waals surface area (Å²) >= 11 is 15.0. The van der Waals surface area contributed by atoms with E-state index in [0.717, 1.165) is 4.47 Å². The number of anilines is 2. The summed E-state index contributed by atoms with van der Waals surface area (Å²) in [5.41, 5.74) is 6.98. The molecule has 2 rings (SSSR count). The van der Waals surface area contributed by atoms with Gasteiger partial charge in [-0.3, -0.25) is 4.79 Å². The zero-order chi connectivity index (χ0) is 14.0. The zero-order valence-electron chi connectivity index (χ0n) is 9.58. The Morgan fingerprint density at radius 3 is 2.37 bits per heavy atom. The van der Waals surface area contributed by atoms with Gasteiger partial charge in [-0.05, 0) is 36.4 Å². The lowest BCUT2D eigenvalue weighted by Crippen LogP contribution is -2.12. The van der Waals surface area contributed by atoms with Crippen molar-refractivity contribution in [2.75, 3.05) is 11.1 Å². The van der Waals surface area contributed by atoms with Crippen LogP contribution in [0.5, 0.6) is 0 Å². The van der Waals surface area contributed by atoms with Crippen molar-refractivity contribution in [2.24, 2.45) is 0 Å². The van der Waals surface area contributed by atoms with Crippen molar-refractivity contribution < 1.29 is 4.79 Å². The van der Waals surface area contributed by atoms with Crippen LogP contribution < -0.4 is 11.1 Å². The number of benzene rings is 2. The third-order valence-corrected chi connectivity index (χ3v) is 3.77. The molecular formula is C13H9BrCl2N2O.